The van der Waals surface area contributed by atoms with E-state index in [1.165, 1.54) is 4.90 Å². The SMILES string of the molecule is CCN(CC)c1ccc(N2CC=C[C@]34O[C@@H]5/C=C\CCC(=O)N[C@H](C)[C@@H](c6ccccc6)OC(=O)[C@@H]5[C@H]3C(=O)N(CCO)[C@@H]4C2=O)cc1. The average molecular weight is 657 g/mol. The highest BCUT2D eigenvalue weighted by molar-refractivity contribution is 6.05. The van der Waals surface area contributed by atoms with E-state index in [-0.39, 0.29) is 37.9 Å². The van der Waals surface area contributed by atoms with Crippen molar-refractivity contribution in [2.45, 2.75) is 63.5 Å². The largest absolute Gasteiger partial charge is 0.455 e. The van der Waals surface area contributed by atoms with Gasteiger partial charge in [0.05, 0.1) is 24.7 Å². The van der Waals surface area contributed by atoms with Crippen LogP contribution >= 0.6 is 0 Å². The third-order valence-electron chi connectivity index (χ3n) is 9.97. The Balaban J connectivity index is 1.39. The van der Waals surface area contributed by atoms with Gasteiger partial charge in [-0.25, -0.2) is 0 Å². The standard InChI is InChI=1S/C37H44N4O7/c1-4-39(5-2)26-16-18-27(19-17-26)40-21-11-20-37-31(34(44)41(22-23-42)33(37)35(40)45)30-28(48-37)14-9-10-15-29(43)38-24(3)32(47-36(30)46)25-12-7-6-8-13-25/h6-9,11-14,16-20,24,28,30-33,42H,4-5,10,15,21-23H2,1-3H3,(H,38,43)/b14-9-/t24-,28-,30+,31+,32+,33-,37+/m1/s1. The molecule has 0 aliphatic carbocycles. The van der Waals surface area contributed by atoms with Crippen LogP contribution in [0.4, 0.5) is 11.4 Å². The average Bonchev–Trinajstić information content (AvgIpc) is 3.47. The molecule has 0 bridgehead atoms. The van der Waals surface area contributed by atoms with Crippen LogP contribution in [0.3, 0.4) is 0 Å². The van der Waals surface area contributed by atoms with Crippen LogP contribution in [0.2, 0.25) is 0 Å². The number of allylic oxidation sites excluding steroid dienone is 1. The molecular formula is C37H44N4O7. The molecular weight excluding hydrogens is 612 g/mol. The molecule has 254 valence electrons. The van der Waals surface area contributed by atoms with E-state index in [2.05, 4.69) is 24.1 Å². The number of hydrogen-bond donors (Lipinski definition) is 2. The number of anilines is 2. The number of likely N-dealkylation sites (tertiary alicyclic amines) is 1. The minimum atomic E-state index is -1.49. The normalized spacial score (nSPS) is 31.1. The molecule has 4 aliphatic rings. The molecule has 1 spiro atoms. The lowest BCUT2D eigenvalue weighted by molar-refractivity contribution is -0.161. The van der Waals surface area contributed by atoms with Gasteiger partial charge in [0, 0.05) is 44.0 Å². The van der Waals surface area contributed by atoms with Crippen LogP contribution in [-0.4, -0.2) is 90.3 Å². The number of fused-ring (bicyclic) bond motifs is 2. The molecule has 2 saturated heterocycles. The van der Waals surface area contributed by atoms with Gasteiger partial charge < -0.3 is 34.6 Å². The van der Waals surface area contributed by atoms with Crippen molar-refractivity contribution in [2.75, 3.05) is 42.6 Å². The summed E-state index contributed by atoms with van der Waals surface area (Å²) >= 11 is 0. The molecule has 0 radical (unpaired) electrons. The molecule has 11 nitrogen and oxygen atoms in total. The van der Waals surface area contributed by atoms with Gasteiger partial charge in [-0.2, -0.15) is 0 Å². The fourth-order valence-corrected chi connectivity index (χ4v) is 7.72. The van der Waals surface area contributed by atoms with E-state index in [9.17, 15) is 24.3 Å². The lowest BCUT2D eigenvalue weighted by atomic mass is 9.77. The molecule has 48 heavy (non-hydrogen) atoms. The first-order valence-electron chi connectivity index (χ1n) is 16.9. The number of β-amino-alcohol motifs (C(OH)–C–C–N with tert-alkyl or cyclic N) is 1. The van der Waals surface area contributed by atoms with Crippen molar-refractivity contribution in [3.8, 4) is 0 Å². The maximum absolute atomic E-state index is 14.6. The van der Waals surface area contributed by atoms with Crippen molar-refractivity contribution < 1.29 is 33.8 Å². The predicted octanol–water partition coefficient (Wildman–Crippen LogP) is 3.15. The third-order valence-corrected chi connectivity index (χ3v) is 9.97. The maximum Gasteiger partial charge on any atom is 0.313 e. The van der Waals surface area contributed by atoms with E-state index in [0.717, 1.165) is 18.8 Å². The van der Waals surface area contributed by atoms with Crippen molar-refractivity contribution in [1.82, 2.24) is 10.2 Å². The number of esters is 1. The topological polar surface area (TPSA) is 129 Å². The van der Waals surface area contributed by atoms with Crippen LogP contribution in [0.25, 0.3) is 0 Å². The van der Waals surface area contributed by atoms with Crippen molar-refractivity contribution in [1.29, 1.82) is 0 Å². The number of rotatable bonds is 7. The second kappa shape index (κ2) is 13.9. The van der Waals surface area contributed by atoms with Crippen LogP contribution in [0, 0.1) is 11.8 Å². The summed E-state index contributed by atoms with van der Waals surface area (Å²) in [6, 6.07) is 15.2. The number of benzene rings is 2. The van der Waals surface area contributed by atoms with E-state index in [1.807, 2.05) is 60.7 Å². The first-order valence-corrected chi connectivity index (χ1v) is 16.9. The lowest BCUT2D eigenvalue weighted by Crippen LogP contribution is -2.55. The van der Waals surface area contributed by atoms with Gasteiger partial charge in [0.1, 0.15) is 23.7 Å². The Morgan fingerprint density at radius 1 is 0.979 bits per heavy atom. The number of aliphatic hydroxyl groups is 1. The van der Waals surface area contributed by atoms with Gasteiger partial charge >= 0.3 is 5.97 Å². The van der Waals surface area contributed by atoms with E-state index >= 15 is 0 Å². The van der Waals surface area contributed by atoms with E-state index in [1.54, 1.807) is 30.1 Å². The molecule has 2 aromatic carbocycles. The summed E-state index contributed by atoms with van der Waals surface area (Å²) in [7, 11) is 0. The number of nitrogens with one attached hydrogen (secondary N) is 1. The smallest absolute Gasteiger partial charge is 0.313 e. The Morgan fingerprint density at radius 2 is 1.71 bits per heavy atom. The summed E-state index contributed by atoms with van der Waals surface area (Å²) in [4.78, 5) is 61.3. The van der Waals surface area contributed by atoms with Crippen molar-refractivity contribution in [3.63, 3.8) is 0 Å². The minimum Gasteiger partial charge on any atom is -0.455 e. The van der Waals surface area contributed by atoms with E-state index in [4.69, 9.17) is 9.47 Å². The van der Waals surface area contributed by atoms with Gasteiger partial charge in [-0.05, 0) is 57.0 Å². The molecule has 6 rings (SSSR count). The van der Waals surface area contributed by atoms with Gasteiger partial charge in [0.15, 0.2) is 0 Å². The number of aliphatic hydroxyl groups excluding tert-OH is 1. The number of cyclic esters (lactones) is 1. The summed E-state index contributed by atoms with van der Waals surface area (Å²) in [5.74, 6) is -3.81. The molecule has 0 saturated carbocycles. The third kappa shape index (κ3) is 5.90. The second-order valence-electron chi connectivity index (χ2n) is 12.7. The highest BCUT2D eigenvalue weighted by Crippen LogP contribution is 2.53. The zero-order valence-corrected chi connectivity index (χ0v) is 27.7. The fraction of sp³-hybridized carbons (Fsp3) is 0.459. The van der Waals surface area contributed by atoms with Gasteiger partial charge in [0.25, 0.3) is 5.91 Å². The zero-order valence-electron chi connectivity index (χ0n) is 27.7. The summed E-state index contributed by atoms with van der Waals surface area (Å²) in [5.41, 5.74) is 0.912. The molecule has 4 aliphatic heterocycles. The molecule has 0 unspecified atom stereocenters. The predicted molar refractivity (Wildman–Crippen MR) is 180 cm³/mol. The number of hydrogen-bond acceptors (Lipinski definition) is 8. The van der Waals surface area contributed by atoms with Gasteiger partial charge in [-0.3, -0.25) is 19.2 Å². The molecule has 2 fully saturated rings. The Morgan fingerprint density at radius 3 is 2.40 bits per heavy atom. The first-order chi connectivity index (χ1) is 23.2. The van der Waals surface area contributed by atoms with Crippen LogP contribution in [0.5, 0.6) is 0 Å². The summed E-state index contributed by atoms with van der Waals surface area (Å²) in [5, 5.41) is 13.0. The summed E-state index contributed by atoms with van der Waals surface area (Å²) in [6.45, 7) is 7.41. The van der Waals surface area contributed by atoms with Crippen LogP contribution in [0.15, 0.2) is 78.9 Å². The number of amides is 3. The molecule has 3 amide bonds. The first kappa shape index (κ1) is 33.4. The summed E-state index contributed by atoms with van der Waals surface area (Å²) < 4.78 is 12.9. The Hall–Kier alpha value is -4.48. The number of carbonyl (C=O) groups is 4. The van der Waals surface area contributed by atoms with Crippen LogP contribution in [-0.2, 0) is 28.7 Å². The highest BCUT2D eigenvalue weighted by Gasteiger charge is 2.71. The zero-order chi connectivity index (χ0) is 34.0. The molecule has 4 heterocycles. The summed E-state index contributed by atoms with van der Waals surface area (Å²) in [6.07, 6.45) is 5.96. The fourth-order valence-electron chi connectivity index (χ4n) is 7.72. The molecule has 7 atom stereocenters. The van der Waals surface area contributed by atoms with Crippen LogP contribution < -0.4 is 15.1 Å². The molecule has 0 aromatic heterocycles. The minimum absolute atomic E-state index is 0.0998. The lowest BCUT2D eigenvalue weighted by Gasteiger charge is -2.35. The van der Waals surface area contributed by atoms with Crippen molar-refractivity contribution in [3.05, 3.63) is 84.5 Å². The number of carbonyl (C=O) groups excluding carboxylic acids is 4. The van der Waals surface area contributed by atoms with Gasteiger partial charge in [0.2, 0.25) is 11.8 Å². The Kier molecular flexibility index (Phi) is 9.70. The maximum atomic E-state index is 14.6. The monoisotopic (exact) mass is 656 g/mol. The molecule has 2 N–H and O–H groups in total. The van der Waals surface area contributed by atoms with E-state index in [0.29, 0.717) is 17.7 Å². The van der Waals surface area contributed by atoms with E-state index < -0.39 is 53.6 Å². The Bertz CT molecular complexity index is 1570. The quantitative estimate of drug-likeness (QED) is 0.344. The van der Waals surface area contributed by atoms with Crippen molar-refractivity contribution >= 4 is 35.1 Å². The van der Waals surface area contributed by atoms with Crippen molar-refractivity contribution in [2.24, 2.45) is 11.8 Å². The number of nitrogens with zero attached hydrogens (tertiary/aromatic N) is 3. The number of ether oxygens (including phenoxy) is 2. The second-order valence-corrected chi connectivity index (χ2v) is 12.7. The Labute approximate surface area is 281 Å². The van der Waals surface area contributed by atoms with Gasteiger partial charge in [-0.15, -0.1) is 0 Å². The molecule has 11 heteroatoms. The molecule has 2 aromatic rings. The van der Waals surface area contributed by atoms with Crippen LogP contribution in [0.1, 0.15) is 45.3 Å². The highest BCUT2D eigenvalue weighted by atomic mass is 16.6. The van der Waals surface area contributed by atoms with Gasteiger partial charge in [-0.1, -0.05) is 54.6 Å².